The SMILES string of the molecule is CCCn1cnnc1C1CN(S(C)(=O)=O)CC12CCC2. The van der Waals surface area contributed by atoms with Gasteiger partial charge in [-0.3, -0.25) is 0 Å². The van der Waals surface area contributed by atoms with Crippen LogP contribution in [0.15, 0.2) is 6.33 Å². The summed E-state index contributed by atoms with van der Waals surface area (Å²) in [6.07, 6.45) is 7.49. The maximum Gasteiger partial charge on any atom is 0.211 e. The van der Waals surface area contributed by atoms with Crippen molar-refractivity contribution in [2.45, 2.75) is 45.1 Å². The fourth-order valence-electron chi connectivity index (χ4n) is 3.62. The molecule has 1 saturated heterocycles. The van der Waals surface area contributed by atoms with E-state index >= 15 is 0 Å². The van der Waals surface area contributed by atoms with Crippen LogP contribution in [0.25, 0.3) is 0 Å². The number of hydrogen-bond donors (Lipinski definition) is 0. The fourth-order valence-corrected chi connectivity index (χ4v) is 4.53. The van der Waals surface area contributed by atoms with E-state index in [0.29, 0.717) is 13.1 Å². The van der Waals surface area contributed by atoms with Gasteiger partial charge in [0.15, 0.2) is 0 Å². The van der Waals surface area contributed by atoms with Crippen molar-refractivity contribution in [3.05, 3.63) is 12.2 Å². The highest BCUT2D eigenvalue weighted by Gasteiger charge is 2.54. The molecule has 0 N–H and O–H groups in total. The second-order valence-corrected chi connectivity index (χ2v) is 8.19. The molecule has 112 valence electrons. The Morgan fingerprint density at radius 2 is 2.20 bits per heavy atom. The molecule has 2 aliphatic rings. The van der Waals surface area contributed by atoms with Crippen molar-refractivity contribution in [1.29, 1.82) is 0 Å². The Kier molecular flexibility index (Phi) is 3.36. The predicted molar refractivity (Wildman–Crippen MR) is 75.8 cm³/mol. The van der Waals surface area contributed by atoms with Crippen LogP contribution in [-0.4, -0.2) is 46.8 Å². The van der Waals surface area contributed by atoms with Gasteiger partial charge >= 0.3 is 0 Å². The van der Waals surface area contributed by atoms with Gasteiger partial charge in [-0.25, -0.2) is 12.7 Å². The van der Waals surface area contributed by atoms with Crippen molar-refractivity contribution >= 4 is 10.0 Å². The summed E-state index contributed by atoms with van der Waals surface area (Å²) in [4.78, 5) is 0. The number of hydrogen-bond acceptors (Lipinski definition) is 4. The third kappa shape index (κ3) is 2.16. The standard InChI is InChI=1S/C13H22N4O2S/c1-3-7-16-10-14-15-12(16)11-8-17(20(2,18)19)9-13(11)5-4-6-13/h10-11H,3-9H2,1-2H3. The molecule has 1 atom stereocenters. The summed E-state index contributed by atoms with van der Waals surface area (Å²) in [6, 6.07) is 0. The van der Waals surface area contributed by atoms with Crippen LogP contribution in [-0.2, 0) is 16.6 Å². The average Bonchev–Trinajstić information content (AvgIpc) is 2.90. The highest BCUT2D eigenvalue weighted by molar-refractivity contribution is 7.88. The Balaban J connectivity index is 1.93. The summed E-state index contributed by atoms with van der Waals surface area (Å²) in [6.45, 7) is 4.23. The van der Waals surface area contributed by atoms with Gasteiger partial charge in [-0.15, -0.1) is 10.2 Å². The molecular weight excluding hydrogens is 276 g/mol. The Bertz CT molecular complexity index is 591. The molecule has 7 heteroatoms. The first-order chi connectivity index (χ1) is 9.46. The van der Waals surface area contributed by atoms with Crippen molar-refractivity contribution in [2.24, 2.45) is 5.41 Å². The van der Waals surface area contributed by atoms with E-state index in [2.05, 4.69) is 21.7 Å². The fraction of sp³-hybridized carbons (Fsp3) is 0.846. The lowest BCUT2D eigenvalue weighted by molar-refractivity contribution is 0.125. The molecule has 0 bridgehead atoms. The zero-order chi connectivity index (χ0) is 14.4. The Morgan fingerprint density at radius 3 is 2.75 bits per heavy atom. The summed E-state index contributed by atoms with van der Waals surface area (Å²) >= 11 is 0. The van der Waals surface area contributed by atoms with Crippen molar-refractivity contribution in [3.63, 3.8) is 0 Å². The van der Waals surface area contributed by atoms with Gasteiger partial charge in [-0.1, -0.05) is 13.3 Å². The highest BCUT2D eigenvalue weighted by atomic mass is 32.2. The van der Waals surface area contributed by atoms with Crippen LogP contribution in [0.4, 0.5) is 0 Å². The molecule has 2 heterocycles. The largest absolute Gasteiger partial charge is 0.317 e. The number of sulfonamides is 1. The van der Waals surface area contributed by atoms with E-state index in [1.165, 1.54) is 12.7 Å². The van der Waals surface area contributed by atoms with Crippen LogP contribution in [0.1, 0.15) is 44.3 Å². The lowest BCUT2D eigenvalue weighted by atomic mass is 9.62. The molecule has 3 rings (SSSR count). The first kappa shape index (κ1) is 14.0. The molecule has 1 saturated carbocycles. The van der Waals surface area contributed by atoms with Crippen LogP contribution < -0.4 is 0 Å². The lowest BCUT2D eigenvalue weighted by Gasteiger charge is -2.42. The zero-order valence-corrected chi connectivity index (χ0v) is 12.9. The van der Waals surface area contributed by atoms with E-state index in [0.717, 1.165) is 31.6 Å². The third-order valence-electron chi connectivity index (χ3n) is 4.86. The van der Waals surface area contributed by atoms with Crippen LogP contribution >= 0.6 is 0 Å². The maximum atomic E-state index is 11.9. The third-order valence-corrected chi connectivity index (χ3v) is 6.07. The second-order valence-electron chi connectivity index (χ2n) is 6.21. The average molecular weight is 298 g/mol. The topological polar surface area (TPSA) is 68.1 Å². The molecule has 0 aromatic carbocycles. The molecule has 1 unspecified atom stereocenters. The van der Waals surface area contributed by atoms with Gasteiger partial charge in [0.1, 0.15) is 12.2 Å². The molecule has 2 fully saturated rings. The molecule has 1 aromatic heterocycles. The summed E-state index contributed by atoms with van der Waals surface area (Å²) in [5.41, 5.74) is 0.0988. The molecule has 1 aromatic rings. The molecule has 1 aliphatic heterocycles. The number of nitrogens with zero attached hydrogens (tertiary/aromatic N) is 4. The summed E-state index contributed by atoms with van der Waals surface area (Å²) < 4.78 is 27.5. The number of rotatable bonds is 4. The molecule has 0 radical (unpaired) electrons. The van der Waals surface area contributed by atoms with Gasteiger partial charge in [-0.2, -0.15) is 0 Å². The van der Waals surface area contributed by atoms with Crippen LogP contribution in [0.3, 0.4) is 0 Å². The van der Waals surface area contributed by atoms with E-state index < -0.39 is 10.0 Å². The first-order valence-electron chi connectivity index (χ1n) is 7.29. The summed E-state index contributed by atoms with van der Waals surface area (Å²) in [5, 5.41) is 8.34. The smallest absolute Gasteiger partial charge is 0.211 e. The van der Waals surface area contributed by atoms with Crippen molar-refractivity contribution < 1.29 is 8.42 Å². The predicted octanol–water partition coefficient (Wildman–Crippen LogP) is 1.22. The van der Waals surface area contributed by atoms with Crippen LogP contribution in [0.2, 0.25) is 0 Å². The molecule has 1 aliphatic carbocycles. The molecular formula is C13H22N4O2S. The summed E-state index contributed by atoms with van der Waals surface area (Å²) in [7, 11) is -3.12. The van der Waals surface area contributed by atoms with Gasteiger partial charge in [0, 0.05) is 25.6 Å². The Labute approximate surface area is 120 Å². The molecule has 0 amide bonds. The zero-order valence-electron chi connectivity index (χ0n) is 12.1. The lowest BCUT2D eigenvalue weighted by Crippen LogP contribution is -2.38. The molecule has 20 heavy (non-hydrogen) atoms. The quantitative estimate of drug-likeness (QED) is 0.838. The first-order valence-corrected chi connectivity index (χ1v) is 9.14. The minimum Gasteiger partial charge on any atom is -0.317 e. The number of aromatic nitrogens is 3. The minimum atomic E-state index is -3.12. The van der Waals surface area contributed by atoms with E-state index in [4.69, 9.17) is 0 Å². The normalized spacial score (nSPS) is 26.0. The second kappa shape index (κ2) is 4.80. The van der Waals surface area contributed by atoms with Gasteiger partial charge in [-0.05, 0) is 24.7 Å². The summed E-state index contributed by atoms with van der Waals surface area (Å²) in [5.74, 6) is 1.16. The highest BCUT2D eigenvalue weighted by Crippen LogP contribution is 2.55. The number of aryl methyl sites for hydroxylation is 1. The van der Waals surface area contributed by atoms with E-state index in [1.807, 2.05) is 0 Å². The Morgan fingerprint density at radius 1 is 1.45 bits per heavy atom. The van der Waals surface area contributed by atoms with Crippen molar-refractivity contribution in [1.82, 2.24) is 19.1 Å². The van der Waals surface area contributed by atoms with Crippen molar-refractivity contribution in [3.8, 4) is 0 Å². The molecule has 1 spiro atoms. The van der Waals surface area contributed by atoms with Gasteiger partial charge in [0.25, 0.3) is 0 Å². The Hall–Kier alpha value is -0.950. The maximum absolute atomic E-state index is 11.9. The van der Waals surface area contributed by atoms with E-state index in [-0.39, 0.29) is 11.3 Å². The van der Waals surface area contributed by atoms with Gasteiger partial charge in [0.2, 0.25) is 10.0 Å². The van der Waals surface area contributed by atoms with E-state index in [9.17, 15) is 8.42 Å². The van der Waals surface area contributed by atoms with Crippen molar-refractivity contribution in [2.75, 3.05) is 19.3 Å². The minimum absolute atomic E-state index is 0.0988. The molecule has 6 nitrogen and oxygen atoms in total. The van der Waals surface area contributed by atoms with Crippen LogP contribution in [0.5, 0.6) is 0 Å². The van der Waals surface area contributed by atoms with Crippen LogP contribution in [0, 0.1) is 5.41 Å². The monoisotopic (exact) mass is 298 g/mol. The van der Waals surface area contributed by atoms with Gasteiger partial charge < -0.3 is 4.57 Å². The van der Waals surface area contributed by atoms with E-state index in [1.54, 1.807) is 10.6 Å². The van der Waals surface area contributed by atoms with Gasteiger partial charge in [0.05, 0.1) is 6.26 Å².